The van der Waals surface area contributed by atoms with Crippen LogP contribution in [0.15, 0.2) is 262 Å². The highest BCUT2D eigenvalue weighted by molar-refractivity contribution is 6.30. The van der Waals surface area contributed by atoms with Crippen molar-refractivity contribution in [1.82, 2.24) is 38.7 Å². The van der Waals surface area contributed by atoms with Crippen molar-refractivity contribution in [1.29, 1.82) is 0 Å². The number of ether oxygens (including phenoxy) is 2. The first-order valence-corrected chi connectivity index (χ1v) is 37.3. The predicted octanol–water partition coefficient (Wildman–Crippen LogP) is 14.5. The molecule has 0 atom stereocenters. The van der Waals surface area contributed by atoms with Crippen LogP contribution >= 0.6 is 11.6 Å². The third kappa shape index (κ3) is 22.1. The Hall–Kier alpha value is -13.6. The van der Waals surface area contributed by atoms with E-state index < -0.39 is 61.2 Å². The van der Waals surface area contributed by atoms with Gasteiger partial charge in [-0.25, -0.2) is 25.0 Å². The second-order valence-electron chi connectivity index (χ2n) is 27.4. The van der Waals surface area contributed by atoms with Crippen LogP contribution in [-0.2, 0) is 38.7 Å². The molecule has 0 aliphatic rings. The molecule has 0 saturated heterocycles. The zero-order valence-electron chi connectivity index (χ0n) is 63.9. The Labute approximate surface area is 678 Å². The van der Waals surface area contributed by atoms with E-state index in [-0.39, 0.29) is 74.6 Å². The summed E-state index contributed by atoms with van der Waals surface area (Å²) in [6, 6.07) is 61.7. The molecule has 4 aromatic heterocycles. The smallest absolute Gasteiger partial charge is 0.493 e. The minimum absolute atomic E-state index is 0.0295. The molecule has 14 aromatic rings. The number of aliphatic hydroxyl groups excluding tert-OH is 3. The molecule has 0 fully saturated rings. The highest BCUT2D eigenvalue weighted by Crippen LogP contribution is 2.32. The summed E-state index contributed by atoms with van der Waals surface area (Å²) in [5.74, 6) is -0.725. The summed E-state index contributed by atoms with van der Waals surface area (Å²) < 4.78 is 92.0. The molecule has 0 aliphatic carbocycles. The molecule has 6 N–H and O–H groups in total. The number of carbonyl (C=O) groups is 4. The summed E-state index contributed by atoms with van der Waals surface area (Å²) in [7, 11) is 0. The molecular weight excluding hydrogens is 1570 g/mol. The van der Waals surface area contributed by atoms with Gasteiger partial charge in [-0.2, -0.15) is 13.2 Å². The number of carbonyl (C=O) groups excluding carboxylic acids is 4. The first-order valence-electron chi connectivity index (χ1n) is 37.0. The van der Waals surface area contributed by atoms with Crippen molar-refractivity contribution in [2.45, 2.75) is 78.2 Å². The summed E-state index contributed by atoms with van der Waals surface area (Å²) in [6.45, 7) is 5.22. The fourth-order valence-electron chi connectivity index (χ4n) is 12.7. The number of aromatic nitrogens is 7. The Bertz CT molecular complexity index is 6320. The zero-order valence-corrected chi connectivity index (χ0v) is 64.6. The van der Waals surface area contributed by atoms with Gasteiger partial charge in [-0.15, -0.1) is 13.2 Å². The summed E-state index contributed by atoms with van der Waals surface area (Å²) in [6.07, 6.45) is -4.38. The van der Waals surface area contributed by atoms with Crippen LogP contribution < -0.4 is 42.5 Å². The van der Waals surface area contributed by atoms with E-state index in [9.17, 15) is 64.7 Å². The minimum atomic E-state index is -4.79. The number of fused-ring (bicyclic) bond motifs is 4. The number of hydrogen-bond donors (Lipinski definition) is 6. The highest BCUT2D eigenvalue weighted by Gasteiger charge is 2.32. The summed E-state index contributed by atoms with van der Waals surface area (Å²) in [4.78, 5) is 112. The topological polar surface area (TPSA) is 318 Å². The molecule has 1 amide bonds. The fraction of sp³-hybridized carbons (Fsp3) is 0.180. The number of aryl methyl sites for hydroxylation is 4. The summed E-state index contributed by atoms with van der Waals surface area (Å²) in [5.41, 5.74) is 6.95. The van der Waals surface area contributed by atoms with Gasteiger partial charge < -0.3 is 34.7 Å². The molecule has 14 rings (SSSR count). The Morgan fingerprint density at radius 2 is 1.12 bits per heavy atom. The van der Waals surface area contributed by atoms with E-state index in [1.165, 1.54) is 98.9 Å². The maximum absolute atomic E-state index is 13.4. The van der Waals surface area contributed by atoms with E-state index >= 15 is 0 Å². The molecule has 0 aliphatic heterocycles. The standard InChI is InChI=1S/C26H21F3N2O3.C24H17F3N2O4.C21H21NO4.C18H17ClN4O3/c27-26(28,29)20-10-6-18(7-11-20)15-31-24(13-8-17-4-2-1-3-5-17)30-22-14-19(23(33)16-32)9-12-21(22)25(31)34;25-24(26,27)33-19-6-2-5-17(10-19)16-4-1-3-15(9-16)12-29-14-28-21-8-7-18(22(31)13-30)11-20(21)23(29)32;1-15-5-2-3-6-20(15)26-12-4-10-22-11-9-16-7-8-17(19(24)14-23)13-18(16)21(22)25;1-10(2)20-18-21-15-9-11(16(24)22-26)3-8-14(15)17(25)23(18)13-6-4-12(19)5-7-13/h1-7,9-12,14,32H,8,13,15-16H2;1-11,14,30H,12-13H2;2-3,5-9,11,13,23H,4,10,12,14H2,1H3;3-10,26H,1-2H3,(H,20,21)(H,22,24). The molecule has 0 spiro atoms. The second kappa shape index (κ2) is 38.9. The maximum Gasteiger partial charge on any atom is 0.573 e. The van der Waals surface area contributed by atoms with Crippen molar-refractivity contribution in [2.75, 3.05) is 31.7 Å². The average molecular weight is 1650 g/mol. The van der Waals surface area contributed by atoms with E-state index in [1.807, 2.05) is 81.4 Å². The first-order chi connectivity index (χ1) is 57.0. The molecule has 0 radical (unpaired) electrons. The lowest BCUT2D eigenvalue weighted by Gasteiger charge is -2.17. The number of nitrogens with one attached hydrogen (secondary N) is 2. The van der Waals surface area contributed by atoms with Crippen molar-refractivity contribution in [3.63, 3.8) is 0 Å². The van der Waals surface area contributed by atoms with Crippen molar-refractivity contribution < 1.29 is 75.5 Å². The molecule has 119 heavy (non-hydrogen) atoms. The van der Waals surface area contributed by atoms with Gasteiger partial charge >= 0.3 is 12.5 Å². The van der Waals surface area contributed by atoms with Gasteiger partial charge in [-0.3, -0.25) is 52.7 Å². The van der Waals surface area contributed by atoms with Crippen LogP contribution in [0.3, 0.4) is 0 Å². The van der Waals surface area contributed by atoms with Gasteiger partial charge in [0, 0.05) is 57.9 Å². The number of nitrogens with zero attached hydrogens (tertiary/aromatic N) is 7. The number of pyridine rings is 1. The molecule has 10 aromatic carbocycles. The third-order valence-electron chi connectivity index (χ3n) is 18.6. The fourth-order valence-corrected chi connectivity index (χ4v) is 12.8. The number of para-hydroxylation sites is 1. The Morgan fingerprint density at radius 3 is 1.77 bits per heavy atom. The molecule has 30 heteroatoms. The lowest BCUT2D eigenvalue weighted by Crippen LogP contribution is -2.26. The van der Waals surface area contributed by atoms with Crippen molar-refractivity contribution in [3.8, 4) is 28.3 Å². The lowest BCUT2D eigenvalue weighted by molar-refractivity contribution is -0.274. The van der Waals surface area contributed by atoms with Gasteiger partial charge in [0.2, 0.25) is 5.95 Å². The summed E-state index contributed by atoms with van der Waals surface area (Å²) in [5, 5.41) is 41.8. The Morgan fingerprint density at radius 1 is 0.529 bits per heavy atom. The molecule has 0 saturated carbocycles. The third-order valence-corrected chi connectivity index (χ3v) is 18.9. The van der Waals surface area contributed by atoms with Gasteiger partial charge in [-0.05, 0) is 194 Å². The number of anilines is 1. The number of rotatable bonds is 24. The van der Waals surface area contributed by atoms with Gasteiger partial charge in [0.05, 0.1) is 70.0 Å². The number of ketones is 3. The second-order valence-corrected chi connectivity index (χ2v) is 27.8. The van der Waals surface area contributed by atoms with E-state index in [1.54, 1.807) is 95.1 Å². The van der Waals surface area contributed by atoms with Gasteiger partial charge in [0.1, 0.15) is 37.1 Å². The van der Waals surface area contributed by atoms with Crippen LogP contribution in [0.1, 0.15) is 95.3 Å². The van der Waals surface area contributed by atoms with Crippen LogP contribution in [0.4, 0.5) is 32.3 Å². The van der Waals surface area contributed by atoms with E-state index in [0.29, 0.717) is 104 Å². The SMILES string of the molecule is CC(C)Nc1nc2cc(C(=O)NO)ccc2c(=O)n1-c1ccc(Cl)cc1.Cc1ccccc1OCCCn1ccc2ccc(C(=O)CO)cc2c1=O.O=C(CO)c1ccc2c(=O)n(Cc3ccc(C(F)(F)F)cc3)c(CCc3ccccc3)nc2c1.O=C(CO)c1ccc2ncn(Cc3cccc(-c4cccc(OC(F)(F)F)c4)c3)c(=O)c2c1. The Kier molecular flexibility index (Phi) is 28.2. The average Bonchev–Trinajstić information content (AvgIpc) is 0.765. The minimum Gasteiger partial charge on any atom is -0.493 e. The summed E-state index contributed by atoms with van der Waals surface area (Å²) >= 11 is 5.94. The van der Waals surface area contributed by atoms with Crippen LogP contribution in [0.25, 0.3) is 60.3 Å². The van der Waals surface area contributed by atoms with Gasteiger partial charge in [0.15, 0.2) is 17.3 Å². The molecular formula is C89H76ClF6N9O14. The molecule has 4 heterocycles. The normalized spacial score (nSPS) is 11.3. The van der Waals surface area contributed by atoms with Crippen molar-refractivity contribution in [2.24, 2.45) is 0 Å². The molecule has 0 unspecified atom stereocenters. The number of Topliss-reactive ketones (excluding diaryl/α,β-unsaturated/α-hetero) is 3. The van der Waals surface area contributed by atoms with Crippen molar-refractivity contribution >= 4 is 84.3 Å². The number of amides is 1. The number of hydrogen-bond acceptors (Lipinski definition) is 18. The first kappa shape index (κ1) is 86.3. The predicted molar refractivity (Wildman–Crippen MR) is 438 cm³/mol. The monoisotopic (exact) mass is 1640 g/mol. The van der Waals surface area contributed by atoms with Gasteiger partial charge in [0.25, 0.3) is 28.1 Å². The highest BCUT2D eigenvalue weighted by atomic mass is 35.5. The van der Waals surface area contributed by atoms with Crippen LogP contribution in [-0.4, -0.2) is 116 Å². The number of aliphatic hydroxyl groups is 3. The zero-order chi connectivity index (χ0) is 85.2. The lowest BCUT2D eigenvalue weighted by atomic mass is 10.0. The van der Waals surface area contributed by atoms with E-state index in [2.05, 4.69) is 25.0 Å². The van der Waals surface area contributed by atoms with Crippen LogP contribution in [0.2, 0.25) is 5.02 Å². The molecule has 0 bridgehead atoms. The number of benzene rings is 10. The molecule has 23 nitrogen and oxygen atoms in total. The number of hydroxylamine groups is 1. The van der Waals surface area contributed by atoms with Crippen molar-refractivity contribution in [3.05, 3.63) is 345 Å². The Balaban J connectivity index is 0.000000157. The largest absolute Gasteiger partial charge is 0.573 e. The van der Waals surface area contributed by atoms with E-state index in [0.717, 1.165) is 40.0 Å². The quantitative estimate of drug-likeness (QED) is 0.0108. The maximum atomic E-state index is 13.4. The number of halogens is 7. The van der Waals surface area contributed by atoms with Crippen LogP contribution in [0, 0.1) is 6.92 Å². The van der Waals surface area contributed by atoms with Gasteiger partial charge in [-0.1, -0.05) is 121 Å². The number of alkyl halides is 6. The van der Waals surface area contributed by atoms with Crippen LogP contribution in [0.5, 0.6) is 11.5 Å². The molecule has 610 valence electrons. The van der Waals surface area contributed by atoms with E-state index in [4.69, 9.17) is 36.9 Å².